The van der Waals surface area contributed by atoms with E-state index in [1.165, 1.54) is 6.07 Å². The Balaban J connectivity index is 2.52. The van der Waals surface area contributed by atoms with Crippen LogP contribution in [0, 0.1) is 12.7 Å². The van der Waals surface area contributed by atoms with Crippen molar-refractivity contribution in [1.82, 2.24) is 5.32 Å². The van der Waals surface area contributed by atoms with Crippen molar-refractivity contribution in [2.24, 2.45) is 0 Å². The molecule has 1 aromatic rings. The average Bonchev–Trinajstić information content (AvgIpc) is 2.32. The van der Waals surface area contributed by atoms with Gasteiger partial charge in [-0.1, -0.05) is 12.1 Å². The Morgan fingerprint density at radius 2 is 2.18 bits per heavy atom. The van der Waals surface area contributed by atoms with Crippen LogP contribution >= 0.6 is 11.8 Å². The van der Waals surface area contributed by atoms with Gasteiger partial charge in [0.25, 0.3) is 0 Å². The van der Waals surface area contributed by atoms with E-state index in [0.717, 1.165) is 5.56 Å². The number of aryl methyl sites for hydroxylation is 1. The van der Waals surface area contributed by atoms with Gasteiger partial charge in [-0.15, -0.1) is 0 Å². The van der Waals surface area contributed by atoms with Gasteiger partial charge in [0.05, 0.1) is 6.61 Å². The van der Waals surface area contributed by atoms with E-state index in [-0.39, 0.29) is 23.7 Å². The Morgan fingerprint density at radius 3 is 2.71 bits per heavy atom. The summed E-state index contributed by atoms with van der Waals surface area (Å²) in [5.74, 6) is -0.167. The molecule has 1 aromatic carbocycles. The van der Waals surface area contributed by atoms with Crippen molar-refractivity contribution in [3.63, 3.8) is 0 Å². The van der Waals surface area contributed by atoms with E-state index >= 15 is 0 Å². The molecule has 0 radical (unpaired) electrons. The molecule has 2 N–H and O–H groups in total. The van der Waals surface area contributed by atoms with Gasteiger partial charge in [0.2, 0.25) is 0 Å². The predicted molar refractivity (Wildman–Crippen MR) is 71.8 cm³/mol. The van der Waals surface area contributed by atoms with Gasteiger partial charge < -0.3 is 10.4 Å². The maximum atomic E-state index is 13.1. The molecule has 2 atom stereocenters. The van der Waals surface area contributed by atoms with Crippen molar-refractivity contribution in [3.8, 4) is 0 Å². The number of hydrogen-bond acceptors (Lipinski definition) is 3. The van der Waals surface area contributed by atoms with Crippen molar-refractivity contribution in [1.29, 1.82) is 0 Å². The maximum Gasteiger partial charge on any atom is 0.126 e. The molecule has 0 aromatic heterocycles. The molecule has 1 rings (SSSR count). The van der Waals surface area contributed by atoms with Crippen molar-refractivity contribution in [2.75, 3.05) is 12.9 Å². The molecule has 0 spiro atoms. The first-order valence-corrected chi connectivity index (χ1v) is 6.99. The zero-order valence-electron chi connectivity index (χ0n) is 10.5. The van der Waals surface area contributed by atoms with Gasteiger partial charge in [0.1, 0.15) is 5.82 Å². The predicted octanol–water partition coefficient (Wildman–Crippen LogP) is 2.34. The van der Waals surface area contributed by atoms with Crippen LogP contribution in [0.5, 0.6) is 0 Å². The summed E-state index contributed by atoms with van der Waals surface area (Å²) in [6, 6.07) is 5.35. The fourth-order valence-corrected chi connectivity index (χ4v) is 2.32. The minimum Gasteiger partial charge on any atom is -0.395 e. The number of thioether (sulfide) groups is 1. The Morgan fingerprint density at radius 1 is 1.47 bits per heavy atom. The molecule has 0 aliphatic heterocycles. The van der Waals surface area contributed by atoms with Crippen LogP contribution in [0.1, 0.15) is 18.1 Å². The summed E-state index contributed by atoms with van der Waals surface area (Å²) < 4.78 is 13.1. The fourth-order valence-electron chi connectivity index (χ4n) is 1.66. The molecule has 0 saturated carbocycles. The van der Waals surface area contributed by atoms with Crippen LogP contribution in [0.4, 0.5) is 4.39 Å². The van der Waals surface area contributed by atoms with Crippen LogP contribution in [0.25, 0.3) is 0 Å². The molecular weight excluding hydrogens is 237 g/mol. The molecular formula is C13H20FNOS. The van der Waals surface area contributed by atoms with E-state index in [1.54, 1.807) is 24.8 Å². The van der Waals surface area contributed by atoms with Crippen molar-refractivity contribution in [3.05, 3.63) is 35.1 Å². The summed E-state index contributed by atoms with van der Waals surface area (Å²) in [6.45, 7) is 4.67. The lowest BCUT2D eigenvalue weighted by molar-refractivity contribution is 0.276. The van der Waals surface area contributed by atoms with E-state index in [9.17, 15) is 4.39 Å². The molecule has 0 amide bonds. The van der Waals surface area contributed by atoms with Crippen molar-refractivity contribution >= 4 is 11.8 Å². The third-order valence-electron chi connectivity index (χ3n) is 2.89. The highest BCUT2D eigenvalue weighted by molar-refractivity contribution is 7.99. The molecule has 0 aliphatic rings. The summed E-state index contributed by atoms with van der Waals surface area (Å²) >= 11 is 1.65. The highest BCUT2D eigenvalue weighted by atomic mass is 32.2. The maximum absolute atomic E-state index is 13.1. The molecule has 17 heavy (non-hydrogen) atoms. The first-order valence-electron chi connectivity index (χ1n) is 5.70. The summed E-state index contributed by atoms with van der Waals surface area (Å²) in [7, 11) is 0. The summed E-state index contributed by atoms with van der Waals surface area (Å²) in [5, 5.41) is 12.7. The zero-order valence-corrected chi connectivity index (χ0v) is 11.4. The number of hydrogen-bond donors (Lipinski definition) is 2. The van der Waals surface area contributed by atoms with Crippen molar-refractivity contribution < 1.29 is 9.50 Å². The molecule has 2 nitrogen and oxygen atoms in total. The van der Waals surface area contributed by atoms with Gasteiger partial charge in [-0.25, -0.2) is 4.39 Å². The third kappa shape index (κ3) is 4.30. The van der Waals surface area contributed by atoms with E-state index in [1.807, 2.05) is 19.2 Å². The zero-order chi connectivity index (χ0) is 12.8. The highest BCUT2D eigenvalue weighted by Crippen LogP contribution is 2.12. The van der Waals surface area contributed by atoms with Gasteiger partial charge in [0, 0.05) is 17.8 Å². The number of benzene rings is 1. The SMILES string of the molecule is CSC(CO)C(C)NCc1ccc(F)c(C)c1. The third-order valence-corrected chi connectivity index (χ3v) is 4.05. The molecule has 0 saturated heterocycles. The molecule has 0 aliphatic carbocycles. The highest BCUT2D eigenvalue weighted by Gasteiger charge is 2.14. The number of halogens is 1. The average molecular weight is 257 g/mol. The number of aliphatic hydroxyl groups excluding tert-OH is 1. The van der Waals surface area contributed by atoms with Crippen LogP contribution in [0.15, 0.2) is 18.2 Å². The second-order valence-corrected chi connectivity index (χ2v) is 5.29. The van der Waals surface area contributed by atoms with Crippen molar-refractivity contribution in [2.45, 2.75) is 31.7 Å². The molecule has 0 bridgehead atoms. The summed E-state index contributed by atoms with van der Waals surface area (Å²) in [6.07, 6.45) is 1.99. The standard InChI is InChI=1S/C13H20FNOS/c1-9-6-11(4-5-12(9)14)7-15-10(2)13(8-16)17-3/h4-6,10,13,15-16H,7-8H2,1-3H3. The van der Waals surface area contributed by atoms with Crippen LogP contribution in [0.3, 0.4) is 0 Å². The minimum absolute atomic E-state index is 0.164. The Kier molecular flexibility index (Phi) is 5.95. The monoisotopic (exact) mass is 257 g/mol. The van der Waals surface area contributed by atoms with Gasteiger partial charge in [-0.3, -0.25) is 0 Å². The largest absolute Gasteiger partial charge is 0.395 e. The molecule has 2 unspecified atom stereocenters. The van der Waals surface area contributed by atoms with Gasteiger partial charge in [-0.05, 0) is 37.3 Å². The molecule has 96 valence electrons. The van der Waals surface area contributed by atoms with Gasteiger partial charge in [-0.2, -0.15) is 11.8 Å². The normalized spacial score (nSPS) is 14.6. The second kappa shape index (κ2) is 6.99. The Bertz CT molecular complexity index is 355. The summed E-state index contributed by atoms with van der Waals surface area (Å²) in [4.78, 5) is 0. The lowest BCUT2D eigenvalue weighted by atomic mass is 10.1. The van der Waals surface area contributed by atoms with Crippen LogP contribution in [-0.4, -0.2) is 29.3 Å². The molecule has 4 heteroatoms. The quantitative estimate of drug-likeness (QED) is 0.820. The first-order chi connectivity index (χ1) is 8.08. The second-order valence-electron chi connectivity index (χ2n) is 4.21. The minimum atomic E-state index is -0.167. The summed E-state index contributed by atoms with van der Waals surface area (Å²) in [5.41, 5.74) is 1.73. The number of rotatable bonds is 6. The smallest absolute Gasteiger partial charge is 0.126 e. The first kappa shape index (κ1) is 14.5. The van der Waals surface area contributed by atoms with E-state index in [2.05, 4.69) is 5.32 Å². The number of aliphatic hydroxyl groups is 1. The van der Waals surface area contributed by atoms with E-state index in [4.69, 9.17) is 5.11 Å². The van der Waals surface area contributed by atoms with Crippen LogP contribution in [0.2, 0.25) is 0 Å². The lowest BCUT2D eigenvalue weighted by Gasteiger charge is -2.21. The van der Waals surface area contributed by atoms with Gasteiger partial charge >= 0.3 is 0 Å². The Labute approximate surface area is 107 Å². The topological polar surface area (TPSA) is 32.3 Å². The fraction of sp³-hybridized carbons (Fsp3) is 0.538. The lowest BCUT2D eigenvalue weighted by Crippen LogP contribution is -2.37. The Hall–Kier alpha value is -0.580. The van der Waals surface area contributed by atoms with Crippen LogP contribution < -0.4 is 5.32 Å². The molecule has 0 heterocycles. The van der Waals surface area contributed by atoms with E-state index < -0.39 is 0 Å². The van der Waals surface area contributed by atoms with Crippen LogP contribution in [-0.2, 0) is 6.54 Å². The van der Waals surface area contributed by atoms with E-state index in [0.29, 0.717) is 12.1 Å². The number of nitrogens with one attached hydrogen (secondary N) is 1. The molecule has 0 fully saturated rings. The van der Waals surface area contributed by atoms with Gasteiger partial charge in [0.15, 0.2) is 0 Å².